The molecule has 0 aliphatic heterocycles. The van der Waals surface area contributed by atoms with Crippen molar-refractivity contribution < 1.29 is 4.79 Å². The Hall–Kier alpha value is -1.18. The lowest BCUT2D eigenvalue weighted by Crippen LogP contribution is -1.83. The Balaban J connectivity index is 2.96. The van der Waals surface area contributed by atoms with Gasteiger partial charge in [0.2, 0.25) is 0 Å². The third kappa shape index (κ3) is 1.26. The van der Waals surface area contributed by atoms with Gasteiger partial charge in [-0.2, -0.15) is 5.26 Å². The first kappa shape index (κ1) is 9.38. The summed E-state index contributed by atoms with van der Waals surface area (Å²) in [5.41, 5.74) is 1.23. The number of carbonyl (C=O) groups excluding carboxylic acids is 1. The second-order valence-electron chi connectivity index (χ2n) is 2.72. The molecule has 0 spiro atoms. The standard InChI is InChI=1S/C10H4BrNOS/c11-8-5-14-10-6(3-12)1-2-7(4-13)9(8)10/h1-2,4-5H. The fraction of sp³-hybridized carbons (Fsp3) is 0. The van der Waals surface area contributed by atoms with Crippen LogP contribution in [0.2, 0.25) is 0 Å². The Morgan fingerprint density at radius 2 is 2.29 bits per heavy atom. The maximum Gasteiger partial charge on any atom is 0.150 e. The van der Waals surface area contributed by atoms with Gasteiger partial charge < -0.3 is 0 Å². The third-order valence-corrected chi connectivity index (χ3v) is 3.90. The SMILES string of the molecule is N#Cc1ccc(C=O)c2c(Br)csc12. The lowest BCUT2D eigenvalue weighted by molar-refractivity contribution is 0.112. The first-order valence-corrected chi connectivity index (χ1v) is 5.50. The summed E-state index contributed by atoms with van der Waals surface area (Å²) < 4.78 is 1.74. The molecule has 0 amide bonds. The third-order valence-electron chi connectivity index (χ3n) is 1.96. The minimum absolute atomic E-state index is 0.612. The van der Waals surface area contributed by atoms with Gasteiger partial charge in [-0.1, -0.05) is 0 Å². The van der Waals surface area contributed by atoms with Gasteiger partial charge in [0.15, 0.2) is 6.29 Å². The Bertz CT molecular complexity index is 553. The summed E-state index contributed by atoms with van der Waals surface area (Å²) in [6, 6.07) is 5.46. The zero-order valence-electron chi connectivity index (χ0n) is 6.95. The first-order chi connectivity index (χ1) is 6.77. The zero-order chi connectivity index (χ0) is 10.1. The van der Waals surface area contributed by atoms with Crippen LogP contribution in [-0.4, -0.2) is 6.29 Å². The second-order valence-corrected chi connectivity index (χ2v) is 4.45. The summed E-state index contributed by atoms with van der Waals surface area (Å²) in [6.45, 7) is 0. The van der Waals surface area contributed by atoms with Gasteiger partial charge in [0, 0.05) is 20.8 Å². The van der Waals surface area contributed by atoms with E-state index in [-0.39, 0.29) is 0 Å². The average molecular weight is 266 g/mol. The Morgan fingerprint density at radius 3 is 2.93 bits per heavy atom. The van der Waals surface area contributed by atoms with Crippen LogP contribution >= 0.6 is 27.3 Å². The number of thiophene rings is 1. The fourth-order valence-electron chi connectivity index (χ4n) is 1.32. The van der Waals surface area contributed by atoms with E-state index in [9.17, 15) is 4.79 Å². The second kappa shape index (κ2) is 3.52. The lowest BCUT2D eigenvalue weighted by atomic mass is 10.1. The Labute approximate surface area is 92.9 Å². The van der Waals surface area contributed by atoms with E-state index in [1.165, 1.54) is 11.3 Å². The van der Waals surface area contributed by atoms with Crippen LogP contribution in [0, 0.1) is 11.3 Å². The number of hydrogen-bond donors (Lipinski definition) is 0. The first-order valence-electron chi connectivity index (χ1n) is 3.83. The van der Waals surface area contributed by atoms with Crippen molar-refractivity contribution in [3.05, 3.63) is 33.1 Å². The van der Waals surface area contributed by atoms with Crippen LogP contribution in [0.3, 0.4) is 0 Å². The van der Waals surface area contributed by atoms with Crippen LogP contribution in [0.4, 0.5) is 0 Å². The molecular formula is C10H4BrNOS. The predicted molar refractivity (Wildman–Crippen MR) is 59.6 cm³/mol. The van der Waals surface area contributed by atoms with Gasteiger partial charge in [-0.25, -0.2) is 0 Å². The van der Waals surface area contributed by atoms with Gasteiger partial charge in [0.05, 0.1) is 10.3 Å². The molecule has 68 valence electrons. The molecule has 0 radical (unpaired) electrons. The Kier molecular flexibility index (Phi) is 2.36. The number of rotatable bonds is 1. The lowest BCUT2D eigenvalue weighted by Gasteiger charge is -1.97. The maximum absolute atomic E-state index is 10.8. The number of hydrogen-bond acceptors (Lipinski definition) is 3. The van der Waals surface area contributed by atoms with Gasteiger partial charge in [0.1, 0.15) is 6.07 Å². The molecule has 0 fully saturated rings. The van der Waals surface area contributed by atoms with Gasteiger partial charge in [-0.05, 0) is 28.1 Å². The Morgan fingerprint density at radius 1 is 1.50 bits per heavy atom. The smallest absolute Gasteiger partial charge is 0.150 e. The maximum atomic E-state index is 10.8. The molecule has 0 atom stereocenters. The molecule has 2 rings (SSSR count). The number of fused-ring (bicyclic) bond motifs is 1. The van der Waals surface area contributed by atoms with Crippen molar-refractivity contribution in [3.8, 4) is 6.07 Å². The van der Waals surface area contributed by atoms with Crippen molar-refractivity contribution in [1.82, 2.24) is 0 Å². The van der Waals surface area contributed by atoms with Crippen LogP contribution in [0.1, 0.15) is 15.9 Å². The highest BCUT2D eigenvalue weighted by atomic mass is 79.9. The van der Waals surface area contributed by atoms with Gasteiger partial charge in [-0.15, -0.1) is 11.3 Å². The van der Waals surface area contributed by atoms with E-state index >= 15 is 0 Å². The van der Waals surface area contributed by atoms with Crippen LogP contribution in [0.25, 0.3) is 10.1 Å². The van der Waals surface area contributed by atoms with E-state index in [1.807, 2.05) is 5.38 Å². The minimum atomic E-state index is 0.612. The van der Waals surface area contributed by atoms with E-state index < -0.39 is 0 Å². The van der Waals surface area contributed by atoms with Crippen molar-refractivity contribution in [3.63, 3.8) is 0 Å². The summed E-state index contributed by atoms with van der Waals surface area (Å²) >= 11 is 4.83. The molecule has 0 saturated heterocycles. The predicted octanol–water partition coefficient (Wildman–Crippen LogP) is 3.35. The topological polar surface area (TPSA) is 40.9 Å². The summed E-state index contributed by atoms with van der Waals surface area (Å²) in [5, 5.41) is 11.6. The number of halogens is 1. The summed E-state index contributed by atoms with van der Waals surface area (Å²) in [6.07, 6.45) is 0.807. The average Bonchev–Trinajstić information content (AvgIpc) is 2.60. The van der Waals surface area contributed by atoms with Crippen LogP contribution in [0.15, 0.2) is 22.0 Å². The zero-order valence-corrected chi connectivity index (χ0v) is 9.35. The highest BCUT2D eigenvalue weighted by Crippen LogP contribution is 2.34. The number of nitrogens with zero attached hydrogens (tertiary/aromatic N) is 1. The molecule has 2 nitrogen and oxygen atoms in total. The van der Waals surface area contributed by atoms with Crippen LogP contribution in [-0.2, 0) is 0 Å². The van der Waals surface area contributed by atoms with Crippen LogP contribution in [0.5, 0.6) is 0 Å². The highest BCUT2D eigenvalue weighted by molar-refractivity contribution is 9.10. The normalized spacial score (nSPS) is 10.0. The van der Waals surface area contributed by atoms with Crippen molar-refractivity contribution in [1.29, 1.82) is 5.26 Å². The molecule has 0 N–H and O–H groups in total. The molecule has 2 aromatic rings. The molecule has 1 heterocycles. The summed E-state index contributed by atoms with van der Waals surface area (Å²) in [5.74, 6) is 0. The van der Waals surface area contributed by atoms with E-state index in [0.29, 0.717) is 11.1 Å². The van der Waals surface area contributed by atoms with Gasteiger partial charge in [0.25, 0.3) is 0 Å². The summed E-state index contributed by atoms with van der Waals surface area (Å²) in [4.78, 5) is 10.8. The van der Waals surface area contributed by atoms with Crippen molar-refractivity contribution >= 4 is 43.6 Å². The molecule has 0 aliphatic rings. The quantitative estimate of drug-likeness (QED) is 0.742. The number of benzene rings is 1. The molecule has 0 aliphatic carbocycles. The van der Waals surface area contributed by atoms with E-state index in [1.54, 1.807) is 12.1 Å². The molecule has 0 saturated carbocycles. The molecule has 1 aromatic heterocycles. The van der Waals surface area contributed by atoms with Gasteiger partial charge in [-0.3, -0.25) is 4.79 Å². The van der Waals surface area contributed by atoms with Crippen LogP contribution < -0.4 is 0 Å². The molecule has 4 heteroatoms. The molecule has 0 unspecified atom stereocenters. The van der Waals surface area contributed by atoms with Crippen molar-refractivity contribution in [2.75, 3.05) is 0 Å². The highest BCUT2D eigenvalue weighted by Gasteiger charge is 2.10. The summed E-state index contributed by atoms with van der Waals surface area (Å²) in [7, 11) is 0. The number of aldehydes is 1. The molecule has 0 bridgehead atoms. The van der Waals surface area contributed by atoms with Crippen molar-refractivity contribution in [2.45, 2.75) is 0 Å². The molecule has 1 aromatic carbocycles. The number of carbonyl (C=O) groups is 1. The van der Waals surface area contributed by atoms with E-state index in [2.05, 4.69) is 22.0 Å². The minimum Gasteiger partial charge on any atom is -0.298 e. The molecule has 14 heavy (non-hydrogen) atoms. The fourth-order valence-corrected chi connectivity index (χ4v) is 3.09. The van der Waals surface area contributed by atoms with E-state index in [0.717, 1.165) is 20.8 Å². The van der Waals surface area contributed by atoms with E-state index in [4.69, 9.17) is 5.26 Å². The monoisotopic (exact) mass is 265 g/mol. The largest absolute Gasteiger partial charge is 0.298 e. The number of nitriles is 1. The van der Waals surface area contributed by atoms with Gasteiger partial charge >= 0.3 is 0 Å². The molecular weight excluding hydrogens is 262 g/mol. The van der Waals surface area contributed by atoms with Crippen molar-refractivity contribution in [2.24, 2.45) is 0 Å².